The van der Waals surface area contributed by atoms with Gasteiger partial charge in [-0.1, -0.05) is 12.1 Å². The summed E-state index contributed by atoms with van der Waals surface area (Å²) in [5.41, 5.74) is 4.03. The molecule has 0 bridgehead atoms. The predicted octanol–water partition coefficient (Wildman–Crippen LogP) is 2.40. The van der Waals surface area contributed by atoms with Gasteiger partial charge in [0.05, 0.1) is 13.2 Å². The average Bonchev–Trinajstić information content (AvgIpc) is 2.65. The van der Waals surface area contributed by atoms with Crippen molar-refractivity contribution >= 4 is 17.5 Å². The molecule has 1 saturated heterocycles. The Bertz CT molecular complexity index is 803. The van der Waals surface area contributed by atoms with E-state index >= 15 is 0 Å². The summed E-state index contributed by atoms with van der Waals surface area (Å²) in [7, 11) is 0. The molecule has 0 unspecified atom stereocenters. The van der Waals surface area contributed by atoms with Gasteiger partial charge in [0.25, 0.3) is 5.91 Å². The Balaban J connectivity index is 1.63. The van der Waals surface area contributed by atoms with Crippen molar-refractivity contribution in [1.29, 1.82) is 0 Å². The van der Waals surface area contributed by atoms with Crippen LogP contribution in [0.2, 0.25) is 0 Å². The quantitative estimate of drug-likeness (QED) is 0.814. The fourth-order valence-corrected chi connectivity index (χ4v) is 2.97. The summed E-state index contributed by atoms with van der Waals surface area (Å²) < 4.78 is 5.36. The molecule has 7 heteroatoms. The van der Waals surface area contributed by atoms with E-state index in [1.807, 2.05) is 39.0 Å². The monoisotopic (exact) mass is 369 g/mol. The maximum absolute atomic E-state index is 12.7. The van der Waals surface area contributed by atoms with Crippen LogP contribution in [-0.4, -0.2) is 60.2 Å². The Morgan fingerprint density at radius 3 is 2.70 bits per heavy atom. The largest absolute Gasteiger partial charge is 0.379 e. The maximum Gasteiger partial charge on any atom is 0.274 e. The molecule has 0 spiro atoms. The van der Waals surface area contributed by atoms with Gasteiger partial charge < -0.3 is 15.4 Å². The molecule has 1 amide bonds. The molecule has 3 rings (SSSR count). The molecule has 0 saturated carbocycles. The van der Waals surface area contributed by atoms with Gasteiger partial charge in [0.1, 0.15) is 5.69 Å². The lowest BCUT2D eigenvalue weighted by Crippen LogP contribution is -2.39. The number of anilines is 2. The van der Waals surface area contributed by atoms with Crippen molar-refractivity contribution in [2.75, 3.05) is 50.0 Å². The number of carbonyl (C=O) groups is 1. The zero-order chi connectivity index (χ0) is 19.2. The minimum atomic E-state index is -0.231. The van der Waals surface area contributed by atoms with Gasteiger partial charge in [0.2, 0.25) is 5.95 Å². The lowest BCUT2D eigenvalue weighted by molar-refractivity contribution is 0.0398. The van der Waals surface area contributed by atoms with Gasteiger partial charge in [0.15, 0.2) is 0 Å². The van der Waals surface area contributed by atoms with E-state index in [-0.39, 0.29) is 5.91 Å². The third-order valence-electron chi connectivity index (χ3n) is 4.54. The van der Waals surface area contributed by atoms with E-state index in [4.69, 9.17) is 4.74 Å². The molecule has 1 aromatic carbocycles. The van der Waals surface area contributed by atoms with Gasteiger partial charge in [-0.3, -0.25) is 9.69 Å². The topological polar surface area (TPSA) is 79.4 Å². The number of amides is 1. The Labute approximate surface area is 160 Å². The number of aryl methyl sites for hydroxylation is 3. The fraction of sp³-hybridized carbons (Fsp3) is 0.450. The number of ether oxygens (including phenoxy) is 1. The summed E-state index contributed by atoms with van der Waals surface area (Å²) >= 11 is 0. The smallest absolute Gasteiger partial charge is 0.274 e. The highest BCUT2D eigenvalue weighted by atomic mass is 16.5. The highest BCUT2D eigenvalue weighted by molar-refractivity contribution is 6.03. The first-order valence-electron chi connectivity index (χ1n) is 9.29. The van der Waals surface area contributed by atoms with Gasteiger partial charge in [-0.05, 0) is 44.0 Å². The minimum Gasteiger partial charge on any atom is -0.379 e. The van der Waals surface area contributed by atoms with Crippen LogP contribution in [0.4, 0.5) is 11.6 Å². The average molecular weight is 369 g/mol. The number of morpholine rings is 1. The van der Waals surface area contributed by atoms with Gasteiger partial charge in [-0.15, -0.1) is 0 Å². The molecule has 1 fully saturated rings. The van der Waals surface area contributed by atoms with Crippen molar-refractivity contribution in [2.24, 2.45) is 0 Å². The van der Waals surface area contributed by atoms with Crippen molar-refractivity contribution in [2.45, 2.75) is 20.8 Å². The van der Waals surface area contributed by atoms with Crippen LogP contribution in [0, 0.1) is 20.8 Å². The number of hydrogen-bond donors (Lipinski definition) is 2. The van der Waals surface area contributed by atoms with Crippen LogP contribution in [-0.2, 0) is 4.74 Å². The second kappa shape index (κ2) is 8.92. The van der Waals surface area contributed by atoms with Gasteiger partial charge >= 0.3 is 0 Å². The summed E-state index contributed by atoms with van der Waals surface area (Å²) in [5, 5.41) is 6.18. The third kappa shape index (κ3) is 5.48. The number of carbonyl (C=O) groups excluding carboxylic acids is 1. The highest BCUT2D eigenvalue weighted by Gasteiger charge is 2.13. The van der Waals surface area contributed by atoms with Crippen molar-refractivity contribution in [3.63, 3.8) is 0 Å². The molecule has 0 aliphatic carbocycles. The first kappa shape index (κ1) is 19.3. The summed E-state index contributed by atoms with van der Waals surface area (Å²) in [6.45, 7) is 10.9. The first-order chi connectivity index (χ1) is 13.0. The summed E-state index contributed by atoms with van der Waals surface area (Å²) in [4.78, 5) is 23.8. The van der Waals surface area contributed by atoms with Crippen LogP contribution in [0.15, 0.2) is 24.3 Å². The molecule has 2 N–H and O–H groups in total. The van der Waals surface area contributed by atoms with Crippen LogP contribution in [0.1, 0.15) is 27.3 Å². The lowest BCUT2D eigenvalue weighted by Gasteiger charge is -2.26. The molecular formula is C20H27N5O2. The van der Waals surface area contributed by atoms with E-state index in [1.54, 1.807) is 6.07 Å². The van der Waals surface area contributed by atoms with Crippen molar-refractivity contribution < 1.29 is 9.53 Å². The Kier molecular flexibility index (Phi) is 6.36. The van der Waals surface area contributed by atoms with Crippen LogP contribution in [0.25, 0.3) is 0 Å². The van der Waals surface area contributed by atoms with Gasteiger partial charge in [-0.25, -0.2) is 9.97 Å². The maximum atomic E-state index is 12.7. The zero-order valence-electron chi connectivity index (χ0n) is 16.2. The normalized spacial score (nSPS) is 14.8. The standard InChI is InChI=1S/C20H27N5O2/c1-14-4-5-15(2)17(12-14)23-19(26)18-13-16(3)22-20(24-18)21-6-7-25-8-10-27-11-9-25/h4-5,12-13H,6-11H2,1-3H3,(H,23,26)(H,21,22,24). The van der Waals surface area contributed by atoms with Gasteiger partial charge in [0, 0.05) is 37.6 Å². The van der Waals surface area contributed by atoms with Crippen molar-refractivity contribution in [3.05, 3.63) is 46.8 Å². The first-order valence-corrected chi connectivity index (χ1v) is 9.29. The second-order valence-corrected chi connectivity index (χ2v) is 6.87. The Morgan fingerprint density at radius 1 is 1.15 bits per heavy atom. The van der Waals surface area contributed by atoms with E-state index in [2.05, 4.69) is 25.5 Å². The van der Waals surface area contributed by atoms with Crippen molar-refractivity contribution in [3.8, 4) is 0 Å². The summed E-state index contributed by atoms with van der Waals surface area (Å²) in [6.07, 6.45) is 0. The number of nitrogens with one attached hydrogen (secondary N) is 2. The lowest BCUT2D eigenvalue weighted by atomic mass is 10.1. The van der Waals surface area contributed by atoms with E-state index in [1.165, 1.54) is 0 Å². The molecular weight excluding hydrogens is 342 g/mol. The van der Waals surface area contributed by atoms with Crippen molar-refractivity contribution in [1.82, 2.24) is 14.9 Å². The van der Waals surface area contributed by atoms with E-state index in [0.717, 1.165) is 61.9 Å². The summed E-state index contributed by atoms with van der Waals surface area (Å²) in [6, 6.07) is 7.68. The molecule has 2 heterocycles. The number of benzene rings is 1. The van der Waals surface area contributed by atoms with E-state index in [0.29, 0.717) is 11.6 Å². The predicted molar refractivity (Wildman–Crippen MR) is 106 cm³/mol. The molecule has 144 valence electrons. The molecule has 7 nitrogen and oxygen atoms in total. The molecule has 0 radical (unpaired) electrons. The minimum absolute atomic E-state index is 0.231. The highest BCUT2D eigenvalue weighted by Crippen LogP contribution is 2.17. The number of nitrogens with zero attached hydrogens (tertiary/aromatic N) is 3. The molecule has 1 aliphatic rings. The molecule has 1 aliphatic heterocycles. The van der Waals surface area contributed by atoms with Crippen LogP contribution >= 0.6 is 0 Å². The molecule has 27 heavy (non-hydrogen) atoms. The Hall–Kier alpha value is -2.51. The number of rotatable bonds is 6. The second-order valence-electron chi connectivity index (χ2n) is 6.87. The molecule has 0 atom stereocenters. The Morgan fingerprint density at radius 2 is 1.93 bits per heavy atom. The van der Waals surface area contributed by atoms with Crippen LogP contribution < -0.4 is 10.6 Å². The summed E-state index contributed by atoms with van der Waals surface area (Å²) in [5.74, 6) is 0.250. The van der Waals surface area contributed by atoms with Crippen LogP contribution in [0.3, 0.4) is 0 Å². The van der Waals surface area contributed by atoms with Gasteiger partial charge in [-0.2, -0.15) is 0 Å². The van der Waals surface area contributed by atoms with E-state index in [9.17, 15) is 4.79 Å². The number of hydrogen-bond acceptors (Lipinski definition) is 6. The van der Waals surface area contributed by atoms with Crippen LogP contribution in [0.5, 0.6) is 0 Å². The fourth-order valence-electron chi connectivity index (χ4n) is 2.97. The number of aromatic nitrogens is 2. The SMILES string of the molecule is Cc1ccc(C)c(NC(=O)c2cc(C)nc(NCCN3CCOCC3)n2)c1. The molecule has 1 aromatic heterocycles. The third-order valence-corrected chi connectivity index (χ3v) is 4.54. The van der Waals surface area contributed by atoms with E-state index < -0.39 is 0 Å². The zero-order valence-corrected chi connectivity index (χ0v) is 16.2. The molecule has 2 aromatic rings.